The summed E-state index contributed by atoms with van der Waals surface area (Å²) in [5.41, 5.74) is 1.06. The Kier molecular flexibility index (Phi) is 4.94. The van der Waals surface area contributed by atoms with Crippen LogP contribution < -0.4 is 4.74 Å². The van der Waals surface area contributed by atoms with Crippen molar-refractivity contribution in [1.82, 2.24) is 9.80 Å². The molecule has 6 heteroatoms. The molecule has 0 aromatic heterocycles. The van der Waals surface area contributed by atoms with Gasteiger partial charge in [-0.15, -0.1) is 0 Å². The quantitative estimate of drug-likeness (QED) is 0.837. The van der Waals surface area contributed by atoms with Crippen LogP contribution in [0.3, 0.4) is 0 Å². The second kappa shape index (κ2) is 7.13. The number of carbonyl (C=O) groups excluding carboxylic acids is 2. The minimum atomic E-state index is -0.0410. The van der Waals surface area contributed by atoms with Crippen LogP contribution in [0.25, 0.3) is 10.8 Å². The van der Waals surface area contributed by atoms with E-state index in [9.17, 15) is 9.59 Å². The molecule has 126 valence electrons. The van der Waals surface area contributed by atoms with Gasteiger partial charge in [0.15, 0.2) is 0 Å². The van der Waals surface area contributed by atoms with Gasteiger partial charge >= 0.3 is 0 Å². The standard InChI is InChI=1S/C18H20N2O3S/c1-19(17(21)12-20-7-8-24-18(20)22)11-13-3-4-15-10-16(23-2)6-5-14(15)9-13/h3-6,9-10H,7-8,11-12H2,1-2H3. The molecule has 1 heterocycles. The Morgan fingerprint density at radius 1 is 1.25 bits per heavy atom. The van der Waals surface area contributed by atoms with E-state index in [-0.39, 0.29) is 17.7 Å². The predicted octanol–water partition coefficient (Wildman–Crippen LogP) is 2.98. The van der Waals surface area contributed by atoms with Crippen LogP contribution in [0.4, 0.5) is 4.79 Å². The van der Waals surface area contributed by atoms with Gasteiger partial charge in [0.1, 0.15) is 12.3 Å². The number of carbonyl (C=O) groups is 2. The molecule has 2 amide bonds. The summed E-state index contributed by atoms with van der Waals surface area (Å²) in [6, 6.07) is 12.1. The number of likely N-dealkylation sites (N-methyl/N-ethyl adjacent to an activating group) is 1. The van der Waals surface area contributed by atoms with Gasteiger partial charge in [-0.05, 0) is 34.5 Å². The molecule has 2 aromatic carbocycles. The maximum atomic E-state index is 12.3. The molecular weight excluding hydrogens is 324 g/mol. The second-order valence-corrected chi connectivity index (χ2v) is 6.88. The Bertz CT molecular complexity index is 778. The molecule has 1 aliphatic rings. The Hall–Kier alpha value is -2.21. The maximum absolute atomic E-state index is 12.3. The van der Waals surface area contributed by atoms with E-state index in [1.54, 1.807) is 24.0 Å². The molecular formula is C18H20N2O3S. The number of fused-ring (bicyclic) bond motifs is 1. The average Bonchev–Trinajstić information content (AvgIpc) is 2.99. The zero-order chi connectivity index (χ0) is 17.1. The average molecular weight is 344 g/mol. The predicted molar refractivity (Wildman–Crippen MR) is 96.4 cm³/mol. The van der Waals surface area contributed by atoms with Gasteiger partial charge < -0.3 is 14.5 Å². The molecule has 0 saturated carbocycles. The summed E-state index contributed by atoms with van der Waals surface area (Å²) in [7, 11) is 3.42. The number of nitrogens with zero attached hydrogens (tertiary/aromatic N) is 2. The van der Waals surface area contributed by atoms with E-state index in [2.05, 4.69) is 6.07 Å². The van der Waals surface area contributed by atoms with Crippen molar-refractivity contribution in [1.29, 1.82) is 0 Å². The molecule has 2 aromatic rings. The number of benzene rings is 2. The lowest BCUT2D eigenvalue weighted by Gasteiger charge is -2.21. The third kappa shape index (κ3) is 3.64. The first kappa shape index (κ1) is 16.6. The summed E-state index contributed by atoms with van der Waals surface area (Å²) >= 11 is 1.27. The van der Waals surface area contributed by atoms with Gasteiger partial charge in [-0.2, -0.15) is 0 Å². The van der Waals surface area contributed by atoms with Crippen molar-refractivity contribution < 1.29 is 14.3 Å². The van der Waals surface area contributed by atoms with E-state index in [4.69, 9.17) is 4.74 Å². The lowest BCUT2D eigenvalue weighted by atomic mass is 10.1. The van der Waals surface area contributed by atoms with Crippen molar-refractivity contribution in [2.45, 2.75) is 6.54 Å². The van der Waals surface area contributed by atoms with Crippen LogP contribution in [0.15, 0.2) is 36.4 Å². The van der Waals surface area contributed by atoms with Gasteiger partial charge in [-0.25, -0.2) is 0 Å². The molecule has 1 aliphatic heterocycles. The summed E-state index contributed by atoms with van der Waals surface area (Å²) in [4.78, 5) is 27.2. The number of hydrogen-bond acceptors (Lipinski definition) is 4. The van der Waals surface area contributed by atoms with E-state index in [1.807, 2.05) is 30.3 Å². The first-order chi connectivity index (χ1) is 11.6. The highest BCUT2D eigenvalue weighted by Gasteiger charge is 2.24. The van der Waals surface area contributed by atoms with Crippen LogP contribution in [-0.2, 0) is 11.3 Å². The van der Waals surface area contributed by atoms with Gasteiger partial charge in [0.25, 0.3) is 5.24 Å². The van der Waals surface area contributed by atoms with Gasteiger partial charge in [-0.3, -0.25) is 9.59 Å². The summed E-state index contributed by atoms with van der Waals surface area (Å²) in [6.07, 6.45) is 0. The number of rotatable bonds is 5. The third-order valence-corrected chi connectivity index (χ3v) is 5.02. The fraction of sp³-hybridized carbons (Fsp3) is 0.333. The monoisotopic (exact) mass is 344 g/mol. The van der Waals surface area contributed by atoms with Crippen molar-refractivity contribution in [3.63, 3.8) is 0 Å². The van der Waals surface area contributed by atoms with Crippen molar-refractivity contribution in [3.05, 3.63) is 42.0 Å². The smallest absolute Gasteiger partial charge is 0.282 e. The normalized spacial score (nSPS) is 14.2. The second-order valence-electron chi connectivity index (χ2n) is 5.83. The van der Waals surface area contributed by atoms with Crippen LogP contribution >= 0.6 is 11.8 Å². The molecule has 0 atom stereocenters. The van der Waals surface area contributed by atoms with Crippen molar-refractivity contribution >= 4 is 33.7 Å². The number of ether oxygens (including phenoxy) is 1. The Morgan fingerprint density at radius 2 is 2.00 bits per heavy atom. The summed E-state index contributed by atoms with van der Waals surface area (Å²) in [6.45, 7) is 1.34. The van der Waals surface area contributed by atoms with E-state index < -0.39 is 0 Å². The molecule has 0 unspecified atom stereocenters. The van der Waals surface area contributed by atoms with Crippen molar-refractivity contribution in [2.24, 2.45) is 0 Å². The van der Waals surface area contributed by atoms with Crippen LogP contribution in [0.5, 0.6) is 5.75 Å². The topological polar surface area (TPSA) is 49.9 Å². The molecule has 5 nitrogen and oxygen atoms in total. The molecule has 0 aliphatic carbocycles. The minimum absolute atomic E-state index is 0.00333. The van der Waals surface area contributed by atoms with Gasteiger partial charge in [0, 0.05) is 25.9 Å². The number of methoxy groups -OCH3 is 1. The first-order valence-corrected chi connectivity index (χ1v) is 8.78. The SMILES string of the molecule is COc1ccc2cc(CN(C)C(=O)CN3CCSC3=O)ccc2c1. The first-order valence-electron chi connectivity index (χ1n) is 7.79. The van der Waals surface area contributed by atoms with E-state index in [0.29, 0.717) is 13.1 Å². The number of amides is 2. The lowest BCUT2D eigenvalue weighted by molar-refractivity contribution is -0.130. The summed E-state index contributed by atoms with van der Waals surface area (Å²) in [5.74, 6) is 1.56. The molecule has 1 saturated heterocycles. The van der Waals surface area contributed by atoms with E-state index in [0.717, 1.165) is 27.8 Å². The fourth-order valence-electron chi connectivity index (χ4n) is 2.71. The molecule has 0 spiro atoms. The highest BCUT2D eigenvalue weighted by molar-refractivity contribution is 8.13. The number of hydrogen-bond donors (Lipinski definition) is 0. The molecule has 0 N–H and O–H groups in total. The number of thioether (sulfide) groups is 1. The van der Waals surface area contributed by atoms with Gasteiger partial charge in [0.2, 0.25) is 5.91 Å². The lowest BCUT2D eigenvalue weighted by Crippen LogP contribution is -2.38. The van der Waals surface area contributed by atoms with Crippen molar-refractivity contribution in [3.8, 4) is 5.75 Å². The molecule has 0 radical (unpaired) electrons. The third-order valence-electron chi connectivity index (χ3n) is 4.13. The fourth-order valence-corrected chi connectivity index (χ4v) is 3.54. The highest BCUT2D eigenvalue weighted by atomic mass is 32.2. The summed E-state index contributed by atoms with van der Waals surface area (Å²) in [5, 5.41) is 2.21. The van der Waals surface area contributed by atoms with E-state index in [1.165, 1.54) is 11.8 Å². The minimum Gasteiger partial charge on any atom is -0.497 e. The Morgan fingerprint density at radius 3 is 2.71 bits per heavy atom. The molecule has 0 bridgehead atoms. The molecule has 24 heavy (non-hydrogen) atoms. The summed E-state index contributed by atoms with van der Waals surface area (Å²) < 4.78 is 5.23. The highest BCUT2D eigenvalue weighted by Crippen LogP contribution is 2.22. The maximum Gasteiger partial charge on any atom is 0.282 e. The van der Waals surface area contributed by atoms with Crippen LogP contribution in [-0.4, -0.2) is 53.9 Å². The van der Waals surface area contributed by atoms with E-state index >= 15 is 0 Å². The van der Waals surface area contributed by atoms with Crippen LogP contribution in [0.2, 0.25) is 0 Å². The van der Waals surface area contributed by atoms with Gasteiger partial charge in [0.05, 0.1) is 7.11 Å². The molecule has 1 fully saturated rings. The zero-order valence-electron chi connectivity index (χ0n) is 13.8. The van der Waals surface area contributed by atoms with Crippen LogP contribution in [0, 0.1) is 0 Å². The van der Waals surface area contributed by atoms with Crippen molar-refractivity contribution in [2.75, 3.05) is 33.0 Å². The largest absolute Gasteiger partial charge is 0.497 e. The van der Waals surface area contributed by atoms with Crippen LogP contribution in [0.1, 0.15) is 5.56 Å². The molecule has 3 rings (SSSR count). The van der Waals surface area contributed by atoms with Gasteiger partial charge in [-0.1, -0.05) is 30.0 Å². The Balaban J connectivity index is 1.67. The Labute approximate surface area is 145 Å². The zero-order valence-corrected chi connectivity index (χ0v) is 14.6.